The molecule has 0 nitrogen and oxygen atoms in total. The summed E-state index contributed by atoms with van der Waals surface area (Å²) in [6.45, 7) is 2.25. The summed E-state index contributed by atoms with van der Waals surface area (Å²) >= 11 is -0.00767. The molecule has 1 aliphatic rings. The molecule has 8 heavy (non-hydrogen) atoms. The third-order valence-corrected chi connectivity index (χ3v) is 4.05. The van der Waals surface area contributed by atoms with Gasteiger partial charge in [0.2, 0.25) is 0 Å². The number of rotatable bonds is 2. The van der Waals surface area contributed by atoms with Crippen molar-refractivity contribution >= 4 is 17.4 Å². The van der Waals surface area contributed by atoms with Crippen LogP contribution in [0.2, 0.25) is 0 Å². The first kappa shape index (κ1) is 6.24. The third-order valence-electron chi connectivity index (χ3n) is 1.27. The first-order valence-corrected chi connectivity index (χ1v) is 5.75. The molecular formula is C7H10Ga. The zero-order chi connectivity index (χ0) is 5.82. The number of hydrogen-bond acceptors (Lipinski definition) is 0. The Morgan fingerprint density at radius 3 is 3.00 bits per heavy atom. The Hall–Kier alpha value is 0.116. The SMILES string of the molecule is CCC[C]1=CC=[CH][Ga]1. The molecule has 0 aliphatic carbocycles. The van der Waals surface area contributed by atoms with Crippen molar-refractivity contribution in [1.82, 2.24) is 0 Å². The molecule has 0 saturated heterocycles. The van der Waals surface area contributed by atoms with Gasteiger partial charge in [0.25, 0.3) is 0 Å². The van der Waals surface area contributed by atoms with Crippen molar-refractivity contribution in [2.45, 2.75) is 19.8 Å². The summed E-state index contributed by atoms with van der Waals surface area (Å²) in [5.74, 6) is 0. The van der Waals surface area contributed by atoms with Crippen molar-refractivity contribution < 1.29 is 0 Å². The second kappa shape index (κ2) is 3.20. The molecule has 1 rings (SSSR count). The van der Waals surface area contributed by atoms with Gasteiger partial charge in [0.05, 0.1) is 0 Å². The van der Waals surface area contributed by atoms with Crippen LogP contribution < -0.4 is 0 Å². The molecule has 1 heteroatoms. The van der Waals surface area contributed by atoms with E-state index in [1.165, 1.54) is 12.8 Å². The zero-order valence-corrected chi connectivity index (χ0v) is 7.65. The van der Waals surface area contributed by atoms with Gasteiger partial charge >= 0.3 is 58.1 Å². The van der Waals surface area contributed by atoms with Crippen LogP contribution in [0.15, 0.2) is 20.9 Å². The van der Waals surface area contributed by atoms with E-state index < -0.39 is 0 Å². The molecule has 0 atom stereocenters. The van der Waals surface area contributed by atoms with Gasteiger partial charge in [-0.3, -0.25) is 0 Å². The summed E-state index contributed by atoms with van der Waals surface area (Å²) in [7, 11) is 0. The summed E-state index contributed by atoms with van der Waals surface area (Å²) in [6.07, 6.45) is 7.19. The van der Waals surface area contributed by atoms with E-state index in [2.05, 4.69) is 23.7 Å². The van der Waals surface area contributed by atoms with Gasteiger partial charge in [-0.2, -0.15) is 0 Å². The summed E-state index contributed by atoms with van der Waals surface area (Å²) in [5, 5.41) is 0. The molecule has 0 fully saturated rings. The fourth-order valence-electron chi connectivity index (χ4n) is 0.869. The molecular weight excluding hydrogens is 154 g/mol. The normalized spacial score (nSPS) is 15.9. The van der Waals surface area contributed by atoms with Crippen LogP contribution in [0.4, 0.5) is 0 Å². The van der Waals surface area contributed by atoms with Crippen LogP contribution >= 0.6 is 0 Å². The van der Waals surface area contributed by atoms with Crippen LogP contribution in [0.1, 0.15) is 19.8 Å². The third kappa shape index (κ3) is 1.56. The van der Waals surface area contributed by atoms with Crippen LogP contribution in [0, 0.1) is 0 Å². The van der Waals surface area contributed by atoms with Gasteiger partial charge in [0.15, 0.2) is 0 Å². The van der Waals surface area contributed by atoms with Gasteiger partial charge in [-0.15, -0.1) is 0 Å². The molecule has 0 unspecified atom stereocenters. The molecule has 1 heterocycles. The van der Waals surface area contributed by atoms with Gasteiger partial charge in [-0.1, -0.05) is 0 Å². The van der Waals surface area contributed by atoms with Gasteiger partial charge < -0.3 is 0 Å². The average Bonchev–Trinajstić information content (AvgIpc) is 2.19. The predicted molar refractivity (Wildman–Crippen MR) is 37.9 cm³/mol. The molecule has 0 N–H and O–H groups in total. The molecule has 0 saturated carbocycles. The molecule has 0 spiro atoms. The van der Waals surface area contributed by atoms with Gasteiger partial charge in [0, 0.05) is 0 Å². The van der Waals surface area contributed by atoms with Gasteiger partial charge in [0.1, 0.15) is 0 Å². The topological polar surface area (TPSA) is 0 Å². The van der Waals surface area contributed by atoms with E-state index in [-0.39, 0.29) is 17.4 Å². The Labute approximate surface area is 58.5 Å². The van der Waals surface area contributed by atoms with Crippen molar-refractivity contribution in [3.8, 4) is 0 Å². The van der Waals surface area contributed by atoms with Crippen LogP contribution in [0.5, 0.6) is 0 Å². The van der Waals surface area contributed by atoms with Crippen molar-refractivity contribution in [2.24, 2.45) is 0 Å². The molecule has 0 aromatic carbocycles. The second-order valence-electron chi connectivity index (χ2n) is 2.04. The van der Waals surface area contributed by atoms with E-state index in [9.17, 15) is 0 Å². The summed E-state index contributed by atoms with van der Waals surface area (Å²) in [5.41, 5.74) is 0. The van der Waals surface area contributed by atoms with Crippen molar-refractivity contribution in [3.63, 3.8) is 0 Å². The fourth-order valence-corrected chi connectivity index (χ4v) is 3.28. The standard InChI is InChI=1S/C7H10.Ga/c1-3-5-7-6-4-2;/h1,3,5H,4,6H2,2H3;. The van der Waals surface area contributed by atoms with Gasteiger partial charge in [-0.05, 0) is 0 Å². The van der Waals surface area contributed by atoms with Crippen LogP contribution in [0.25, 0.3) is 0 Å². The minimum atomic E-state index is -0.00767. The minimum absolute atomic E-state index is 0.00767. The van der Waals surface area contributed by atoms with E-state index >= 15 is 0 Å². The quantitative estimate of drug-likeness (QED) is 0.546. The van der Waals surface area contributed by atoms with Crippen LogP contribution in [0.3, 0.4) is 0 Å². The Balaban J connectivity index is 2.28. The molecule has 0 bridgehead atoms. The molecule has 1 radical (unpaired) electrons. The van der Waals surface area contributed by atoms with E-state index in [0.29, 0.717) is 0 Å². The molecule has 41 valence electrons. The number of hydrogen-bond donors (Lipinski definition) is 0. The second-order valence-corrected chi connectivity index (χ2v) is 5.11. The summed E-state index contributed by atoms with van der Waals surface area (Å²) < 4.78 is 4.12. The molecule has 0 aromatic rings. The predicted octanol–water partition coefficient (Wildman–Crippen LogP) is 1.90. The number of allylic oxidation sites excluding steroid dienone is 3. The maximum atomic E-state index is 2.37. The molecule has 0 aromatic heterocycles. The Morgan fingerprint density at radius 2 is 2.50 bits per heavy atom. The Morgan fingerprint density at radius 1 is 1.62 bits per heavy atom. The summed E-state index contributed by atoms with van der Waals surface area (Å²) in [6, 6.07) is 0. The van der Waals surface area contributed by atoms with Crippen molar-refractivity contribution in [1.29, 1.82) is 0 Å². The van der Waals surface area contributed by atoms with Gasteiger partial charge in [-0.25, -0.2) is 0 Å². The Bertz CT molecular complexity index is 122. The van der Waals surface area contributed by atoms with E-state index in [4.69, 9.17) is 0 Å². The van der Waals surface area contributed by atoms with Crippen molar-refractivity contribution in [2.75, 3.05) is 0 Å². The van der Waals surface area contributed by atoms with Crippen LogP contribution in [-0.4, -0.2) is 17.4 Å². The average molecular weight is 164 g/mol. The Kier molecular flexibility index (Phi) is 2.50. The first-order chi connectivity index (χ1) is 3.93. The maximum absolute atomic E-state index is 2.37. The van der Waals surface area contributed by atoms with E-state index in [0.717, 1.165) is 0 Å². The first-order valence-electron chi connectivity index (χ1n) is 3.14. The fraction of sp³-hybridized carbons (Fsp3) is 0.429. The van der Waals surface area contributed by atoms with E-state index in [1.54, 1.807) is 4.13 Å². The monoisotopic (exact) mass is 163 g/mol. The van der Waals surface area contributed by atoms with Crippen LogP contribution in [-0.2, 0) is 0 Å². The zero-order valence-electron chi connectivity index (χ0n) is 5.22. The summed E-state index contributed by atoms with van der Waals surface area (Å²) in [4.78, 5) is 0. The molecule has 1 aliphatic heterocycles. The van der Waals surface area contributed by atoms with Crippen molar-refractivity contribution in [3.05, 3.63) is 20.9 Å². The molecule has 0 amide bonds. The van der Waals surface area contributed by atoms with E-state index in [1.807, 2.05) is 0 Å².